The van der Waals surface area contributed by atoms with Gasteiger partial charge in [-0.25, -0.2) is 0 Å². The average Bonchev–Trinajstić information content (AvgIpc) is 1.56. The number of nitrogens with two attached hydrogens (primary N) is 1. The lowest BCUT2D eigenvalue weighted by Crippen LogP contribution is -2.49. The summed E-state index contributed by atoms with van der Waals surface area (Å²) in [6, 6.07) is 43.8. The maximum Gasteiger partial charge on any atom is 0.416 e. The maximum atomic E-state index is 14.6. The van der Waals surface area contributed by atoms with Crippen LogP contribution >= 0.6 is 0 Å². The zero-order valence-electron chi connectivity index (χ0n) is 62.2. The van der Waals surface area contributed by atoms with Crippen molar-refractivity contribution < 1.29 is 87.9 Å². The van der Waals surface area contributed by atoms with Gasteiger partial charge in [0.15, 0.2) is 11.2 Å². The molecule has 0 aromatic heterocycles. The molecule has 0 aliphatic carbocycles. The number of hydrogen-bond donors (Lipinski definition) is 4. The van der Waals surface area contributed by atoms with Gasteiger partial charge in [0.25, 0.3) is 17.7 Å². The minimum absolute atomic E-state index is 0.00159. The molecule has 5 aliphatic rings. The maximum absolute atomic E-state index is 14.6. The molecule has 5 N–H and O–H groups in total. The van der Waals surface area contributed by atoms with E-state index >= 15 is 0 Å². The van der Waals surface area contributed by atoms with Crippen molar-refractivity contribution in [1.29, 1.82) is 0 Å². The predicted octanol–water partition coefficient (Wildman–Crippen LogP) is 14.9. The molecule has 0 radical (unpaired) electrons. The minimum atomic E-state index is -4.83. The van der Waals surface area contributed by atoms with Crippen LogP contribution in [0.3, 0.4) is 0 Å². The number of carbonyl (C=O) groups excluding carboxylic acids is 5. The van der Waals surface area contributed by atoms with E-state index in [0.717, 1.165) is 51.6 Å². The summed E-state index contributed by atoms with van der Waals surface area (Å²) in [4.78, 5) is 71.9. The van der Waals surface area contributed by atoms with E-state index in [2.05, 4.69) is 40.8 Å². The number of fused-ring (bicyclic) bond motifs is 6. The second-order valence-electron chi connectivity index (χ2n) is 27.7. The van der Waals surface area contributed by atoms with Crippen LogP contribution in [0.2, 0.25) is 0 Å². The van der Waals surface area contributed by atoms with Gasteiger partial charge in [0.1, 0.15) is 12.1 Å². The number of unbranched alkanes of at least 4 members (excludes halogenated alkanes) is 1. The summed E-state index contributed by atoms with van der Waals surface area (Å²) in [6.07, 6.45) is -11.3. The van der Waals surface area contributed by atoms with Crippen molar-refractivity contribution in [1.82, 2.24) is 9.80 Å². The van der Waals surface area contributed by atoms with Gasteiger partial charge in [-0.1, -0.05) is 172 Å². The molecule has 9 aromatic carbocycles. The van der Waals surface area contributed by atoms with Crippen molar-refractivity contribution in [3.63, 3.8) is 0 Å². The van der Waals surface area contributed by atoms with Gasteiger partial charge >= 0.3 is 18.5 Å². The Labute approximate surface area is 646 Å². The van der Waals surface area contributed by atoms with E-state index in [4.69, 9.17) is 25.1 Å². The zero-order chi connectivity index (χ0) is 80.6. The van der Waals surface area contributed by atoms with Gasteiger partial charge in [-0.15, -0.1) is 0 Å². The molecule has 0 bridgehead atoms. The molecule has 25 heteroatoms. The van der Waals surface area contributed by atoms with Gasteiger partial charge in [0, 0.05) is 111 Å². The number of rotatable bonds is 15. The number of aliphatic hydroxyl groups is 2. The van der Waals surface area contributed by atoms with Crippen LogP contribution < -0.4 is 20.9 Å². The lowest BCUT2D eigenvalue weighted by atomic mass is 9.81. The first-order valence-corrected chi connectivity index (χ1v) is 37.2. The summed E-state index contributed by atoms with van der Waals surface area (Å²) < 4.78 is 146. The zero-order valence-corrected chi connectivity index (χ0v) is 62.2. The highest BCUT2D eigenvalue weighted by Gasteiger charge is 2.58. The molecule has 0 saturated carbocycles. The molecule has 3 atom stereocenters. The summed E-state index contributed by atoms with van der Waals surface area (Å²) in [7, 11) is 0. The van der Waals surface area contributed by atoms with E-state index in [1.54, 1.807) is 77.4 Å². The first-order valence-electron chi connectivity index (χ1n) is 37.2. The monoisotopic (exact) mass is 1550 g/mol. The number of hydrogen-bond acceptors (Lipinski definition) is 11. The fourth-order valence-corrected chi connectivity index (χ4v) is 15.0. The molecule has 586 valence electrons. The molecule has 2 fully saturated rings. The molecule has 113 heavy (non-hydrogen) atoms. The van der Waals surface area contributed by atoms with Crippen LogP contribution in [0.15, 0.2) is 164 Å². The van der Waals surface area contributed by atoms with Gasteiger partial charge in [-0.3, -0.25) is 24.0 Å². The number of alkyl halides is 9. The van der Waals surface area contributed by atoms with Gasteiger partial charge in [0.2, 0.25) is 11.8 Å². The Hall–Kier alpha value is -11.1. The number of nitrogens with one attached hydrogen (secondary N) is 1. The quantitative estimate of drug-likeness (QED) is 0.0432. The molecule has 9 aromatic rings. The number of aliphatic hydroxyl groups excluding tert-OH is 1. The number of anilines is 3. The molecule has 2 saturated heterocycles. The van der Waals surface area contributed by atoms with Crippen LogP contribution in [0.25, 0.3) is 32.3 Å². The van der Waals surface area contributed by atoms with E-state index in [1.807, 2.05) is 74.5 Å². The van der Waals surface area contributed by atoms with Crippen molar-refractivity contribution in [3.8, 4) is 35.5 Å². The Morgan fingerprint density at radius 1 is 0.522 bits per heavy atom. The number of nitrogens with zero attached hydrogens (tertiary/aromatic N) is 4. The van der Waals surface area contributed by atoms with Crippen LogP contribution in [0.1, 0.15) is 139 Å². The van der Waals surface area contributed by atoms with Crippen LogP contribution in [-0.4, -0.2) is 128 Å². The normalized spacial score (nSPS) is 18.5. The number of carbonyl (C=O) groups is 5. The van der Waals surface area contributed by atoms with Gasteiger partial charge < -0.3 is 55.1 Å². The fourth-order valence-electron chi connectivity index (χ4n) is 15.0. The number of amides is 5. The summed E-state index contributed by atoms with van der Waals surface area (Å²) >= 11 is 0. The smallest absolute Gasteiger partial charge is 0.384 e. The molecule has 3 unspecified atom stereocenters. The lowest BCUT2D eigenvalue weighted by molar-refractivity contribution is -0.145. The molecule has 0 spiro atoms. The van der Waals surface area contributed by atoms with Crippen LogP contribution in [0.4, 0.5) is 56.6 Å². The predicted molar refractivity (Wildman–Crippen MR) is 411 cm³/mol. The van der Waals surface area contributed by atoms with Gasteiger partial charge in [0.05, 0.1) is 54.5 Å². The van der Waals surface area contributed by atoms with Crippen molar-refractivity contribution in [2.75, 3.05) is 94.0 Å². The van der Waals surface area contributed by atoms with Crippen molar-refractivity contribution in [2.24, 2.45) is 5.73 Å². The second-order valence-corrected chi connectivity index (χ2v) is 27.7. The van der Waals surface area contributed by atoms with Crippen molar-refractivity contribution in [3.05, 3.63) is 231 Å². The first-order chi connectivity index (χ1) is 54.1. The van der Waals surface area contributed by atoms with Crippen LogP contribution in [-0.2, 0) is 73.5 Å². The molecule has 16 nitrogen and oxygen atoms in total. The van der Waals surface area contributed by atoms with E-state index in [0.29, 0.717) is 88.4 Å². The standard InChI is InChI=1S/C31H30F3N3O3.C31H29F3N2O4.C26H22F3NO3/c1-2-13-37-26-19-21(7-3-6-10-27(38)36-14-16-40-17-15-36)18-25(31(32,33)34)28(26)30(35,29(37)39)24-12-11-22-8-4-5-9-23(22)20-24;1-2-15-36-28-22(8-5-6-10-26(37)35-16-18-40-19-17-35)12-14-25(31(32,33)34)27(28)30(39,29(36)38)24-13-11-21-7-3-4-9-23(21)20-24;1-2-3-13-33-25(20-11-10-18-8-4-5-9-19(18)16-20)23-21(26(27,28)29)14-17(7-6-12-31)15-22(23)30-24(25)32/h4-5,8-9,11-12,18-20H,2,6,10,13-17,35H2,1H3;3-4,7,9,11-14,20,39H,2,6,10,15-19H2,1H3;4-5,8-11,14-16,31H,2-3,12-13H2,1H3,(H,30,32). The van der Waals surface area contributed by atoms with E-state index in [1.165, 1.54) is 34.1 Å². The Balaban J connectivity index is 0.000000158. The highest BCUT2D eigenvalue weighted by Crippen LogP contribution is 2.55. The second kappa shape index (κ2) is 34.1. The lowest BCUT2D eigenvalue weighted by Gasteiger charge is -2.31. The Morgan fingerprint density at radius 2 is 0.991 bits per heavy atom. The number of ether oxygens (including phenoxy) is 3. The van der Waals surface area contributed by atoms with E-state index in [9.17, 15) is 68.6 Å². The highest BCUT2D eigenvalue weighted by molar-refractivity contribution is 6.13. The Kier molecular flexibility index (Phi) is 24.6. The van der Waals surface area contributed by atoms with Crippen LogP contribution in [0.5, 0.6) is 0 Å². The highest BCUT2D eigenvalue weighted by atomic mass is 19.4. The molecular formula is C88H81F9N6O10. The minimum Gasteiger partial charge on any atom is -0.384 e. The molecular weight excluding hydrogens is 1470 g/mol. The number of benzene rings is 9. The summed E-state index contributed by atoms with van der Waals surface area (Å²) in [5.74, 6) is 14.0. The summed E-state index contributed by atoms with van der Waals surface area (Å²) in [6.45, 7) is 9.52. The largest absolute Gasteiger partial charge is 0.416 e. The van der Waals surface area contributed by atoms with Gasteiger partial charge in [-0.2, -0.15) is 39.5 Å². The Morgan fingerprint density at radius 3 is 1.51 bits per heavy atom. The number of morpholine rings is 2. The van der Waals surface area contributed by atoms with Crippen molar-refractivity contribution >= 4 is 78.9 Å². The number of halogens is 9. The topological polar surface area (TPSA) is 205 Å². The third kappa shape index (κ3) is 16.6. The third-order valence-corrected chi connectivity index (χ3v) is 20.4. The Bertz CT molecular complexity index is 5350. The van der Waals surface area contributed by atoms with Crippen molar-refractivity contribution in [2.45, 2.75) is 107 Å². The van der Waals surface area contributed by atoms with E-state index < -0.39 is 81.9 Å². The molecule has 5 amide bonds. The first kappa shape index (κ1) is 81.4. The average molecular weight is 1550 g/mol. The SMILES string of the molecule is CCCCOC1(c2ccc3ccccc3c2)C(=O)Nc2cc(C#CCO)cc(C(F)(F)F)c21.CCCN1C(=O)C(N)(c2ccc3ccccc3c2)c2c1cc(C#CCCC(=O)N1CCOCC1)cc2C(F)(F)F.CCCN1C(=O)C(O)(c2ccc3ccccc3c2)c2c(C(F)(F)F)ccc(C#CCCC(=O)N3CCOCC3)c21. The molecule has 14 rings (SSSR count). The molecule has 5 aliphatic heterocycles. The van der Waals surface area contributed by atoms with Crippen LogP contribution in [0, 0.1) is 35.5 Å². The molecule has 5 heterocycles. The van der Waals surface area contributed by atoms with E-state index in [-0.39, 0.29) is 108 Å². The van der Waals surface area contributed by atoms with Gasteiger partial charge in [-0.05, 0) is 123 Å². The third-order valence-electron chi connectivity index (χ3n) is 20.4. The summed E-state index contributed by atoms with van der Waals surface area (Å²) in [5, 5.41) is 28.4. The fraction of sp³-hybridized carbons (Fsp3) is 0.330. The summed E-state index contributed by atoms with van der Waals surface area (Å²) in [5.41, 5.74) is -2.78.